The highest BCUT2D eigenvalue weighted by molar-refractivity contribution is 7.14. The van der Waals surface area contributed by atoms with Gasteiger partial charge in [-0.15, -0.1) is 11.3 Å². The summed E-state index contributed by atoms with van der Waals surface area (Å²) in [6, 6.07) is 11.7. The van der Waals surface area contributed by atoms with E-state index in [0.717, 1.165) is 16.2 Å². The van der Waals surface area contributed by atoms with Crippen molar-refractivity contribution in [2.24, 2.45) is 0 Å². The van der Waals surface area contributed by atoms with Crippen LogP contribution in [0.15, 0.2) is 30.3 Å². The third-order valence-electron chi connectivity index (χ3n) is 4.90. The molecule has 0 spiro atoms. The molecule has 2 aromatic rings. The maximum Gasteiger partial charge on any atom is 0.264 e. The SMILES string of the molecule is COc1ccc(C(C#N)N2CCN(C(=O)c3cc(C)c(C)s3)CC2)cc1. The van der Waals surface area contributed by atoms with E-state index in [9.17, 15) is 10.1 Å². The first-order valence-electron chi connectivity index (χ1n) is 8.67. The van der Waals surface area contributed by atoms with E-state index in [1.165, 1.54) is 10.4 Å². The van der Waals surface area contributed by atoms with Gasteiger partial charge in [0.25, 0.3) is 5.91 Å². The lowest BCUT2D eigenvalue weighted by Gasteiger charge is -2.36. The molecule has 0 bridgehead atoms. The molecular weight excluding hydrogens is 346 g/mol. The molecule has 1 aromatic heterocycles. The summed E-state index contributed by atoms with van der Waals surface area (Å²) >= 11 is 1.56. The van der Waals surface area contributed by atoms with Gasteiger partial charge in [-0.25, -0.2) is 0 Å². The van der Waals surface area contributed by atoms with Gasteiger partial charge in [0.1, 0.15) is 11.8 Å². The molecule has 0 aliphatic carbocycles. The summed E-state index contributed by atoms with van der Waals surface area (Å²) in [7, 11) is 1.63. The second kappa shape index (κ2) is 7.90. The topological polar surface area (TPSA) is 56.6 Å². The number of aryl methyl sites for hydroxylation is 2. The Morgan fingerprint density at radius 2 is 1.85 bits per heavy atom. The average Bonchev–Trinajstić information content (AvgIpc) is 3.01. The number of carbonyl (C=O) groups excluding carboxylic acids is 1. The molecule has 1 unspecified atom stereocenters. The highest BCUT2D eigenvalue weighted by atomic mass is 32.1. The molecule has 0 saturated carbocycles. The molecule has 1 atom stereocenters. The Bertz CT molecular complexity index is 795. The van der Waals surface area contributed by atoms with Crippen molar-refractivity contribution < 1.29 is 9.53 Å². The molecule has 6 heteroatoms. The molecule has 1 aromatic carbocycles. The lowest BCUT2D eigenvalue weighted by Crippen LogP contribution is -2.49. The van der Waals surface area contributed by atoms with Crippen molar-refractivity contribution in [3.05, 3.63) is 51.2 Å². The number of amides is 1. The van der Waals surface area contributed by atoms with Crippen molar-refractivity contribution in [2.45, 2.75) is 19.9 Å². The first-order valence-corrected chi connectivity index (χ1v) is 9.49. The number of rotatable bonds is 4. The molecule has 5 nitrogen and oxygen atoms in total. The van der Waals surface area contributed by atoms with Gasteiger partial charge in [0.2, 0.25) is 0 Å². The molecule has 1 saturated heterocycles. The van der Waals surface area contributed by atoms with Gasteiger partial charge < -0.3 is 9.64 Å². The monoisotopic (exact) mass is 369 g/mol. The minimum atomic E-state index is -0.301. The van der Waals surface area contributed by atoms with E-state index in [0.29, 0.717) is 26.2 Å². The van der Waals surface area contributed by atoms with Gasteiger partial charge in [-0.2, -0.15) is 5.26 Å². The lowest BCUT2D eigenvalue weighted by molar-refractivity contribution is 0.0611. The fourth-order valence-electron chi connectivity index (χ4n) is 3.17. The molecule has 0 N–H and O–H groups in total. The van der Waals surface area contributed by atoms with Crippen molar-refractivity contribution in [3.8, 4) is 11.8 Å². The molecule has 0 radical (unpaired) electrons. The molecular formula is C20H23N3O2S. The number of methoxy groups -OCH3 is 1. The molecule has 2 heterocycles. The van der Waals surface area contributed by atoms with E-state index < -0.39 is 0 Å². The lowest BCUT2D eigenvalue weighted by atomic mass is 10.1. The summed E-state index contributed by atoms with van der Waals surface area (Å²) in [6.07, 6.45) is 0. The van der Waals surface area contributed by atoms with Gasteiger partial charge in [-0.3, -0.25) is 9.69 Å². The van der Waals surface area contributed by atoms with Crippen LogP contribution in [0.2, 0.25) is 0 Å². The van der Waals surface area contributed by atoms with Crippen LogP contribution in [0.25, 0.3) is 0 Å². The van der Waals surface area contributed by atoms with Gasteiger partial charge >= 0.3 is 0 Å². The van der Waals surface area contributed by atoms with Crippen molar-refractivity contribution in [2.75, 3.05) is 33.3 Å². The molecule has 26 heavy (non-hydrogen) atoms. The Morgan fingerprint density at radius 1 is 1.19 bits per heavy atom. The minimum Gasteiger partial charge on any atom is -0.497 e. The van der Waals surface area contributed by atoms with Crippen LogP contribution in [-0.4, -0.2) is 49.0 Å². The normalized spacial score (nSPS) is 16.2. The summed E-state index contributed by atoms with van der Waals surface area (Å²) in [6.45, 7) is 6.75. The average molecular weight is 369 g/mol. The zero-order valence-electron chi connectivity index (χ0n) is 15.4. The number of thiophene rings is 1. The van der Waals surface area contributed by atoms with Crippen LogP contribution in [0.5, 0.6) is 5.75 Å². The fraction of sp³-hybridized carbons (Fsp3) is 0.400. The maximum atomic E-state index is 12.7. The Labute approximate surface area is 158 Å². The number of piperazine rings is 1. The Hall–Kier alpha value is -2.36. The predicted octanol–water partition coefficient (Wildman–Crippen LogP) is 3.40. The van der Waals surface area contributed by atoms with Crippen LogP contribution in [-0.2, 0) is 0 Å². The Kier molecular flexibility index (Phi) is 5.60. The van der Waals surface area contributed by atoms with E-state index in [-0.39, 0.29) is 11.9 Å². The van der Waals surface area contributed by atoms with Crippen LogP contribution in [0.1, 0.15) is 31.7 Å². The maximum absolute atomic E-state index is 12.7. The molecule has 1 amide bonds. The molecule has 1 fully saturated rings. The highest BCUT2D eigenvalue weighted by Crippen LogP contribution is 2.26. The number of hydrogen-bond donors (Lipinski definition) is 0. The summed E-state index contributed by atoms with van der Waals surface area (Å²) in [5, 5.41) is 9.64. The standard InChI is InChI=1S/C20H23N3O2S/c1-14-12-19(26-15(14)2)20(24)23-10-8-22(9-11-23)18(13-21)16-4-6-17(25-3)7-5-16/h4-7,12,18H,8-11H2,1-3H3. The Morgan fingerprint density at radius 3 is 2.35 bits per heavy atom. The van der Waals surface area contributed by atoms with Gasteiger partial charge in [-0.05, 0) is 43.2 Å². The van der Waals surface area contributed by atoms with E-state index >= 15 is 0 Å². The van der Waals surface area contributed by atoms with Crippen LogP contribution >= 0.6 is 11.3 Å². The van der Waals surface area contributed by atoms with Crippen LogP contribution in [0.4, 0.5) is 0 Å². The van der Waals surface area contributed by atoms with Gasteiger partial charge in [0.15, 0.2) is 0 Å². The van der Waals surface area contributed by atoms with Crippen LogP contribution < -0.4 is 4.74 Å². The first kappa shape index (κ1) is 18.4. The number of hydrogen-bond acceptors (Lipinski definition) is 5. The number of nitriles is 1. The molecule has 136 valence electrons. The summed E-state index contributed by atoms with van der Waals surface area (Å²) in [5.74, 6) is 0.881. The smallest absolute Gasteiger partial charge is 0.264 e. The van der Waals surface area contributed by atoms with E-state index in [4.69, 9.17) is 4.74 Å². The second-order valence-electron chi connectivity index (χ2n) is 6.48. The van der Waals surface area contributed by atoms with Crippen molar-refractivity contribution in [1.82, 2.24) is 9.80 Å². The van der Waals surface area contributed by atoms with Gasteiger partial charge in [-0.1, -0.05) is 12.1 Å². The third-order valence-corrected chi connectivity index (χ3v) is 6.04. The highest BCUT2D eigenvalue weighted by Gasteiger charge is 2.28. The zero-order chi connectivity index (χ0) is 18.7. The number of ether oxygens (including phenoxy) is 1. The summed E-state index contributed by atoms with van der Waals surface area (Å²) in [4.78, 5) is 18.7. The van der Waals surface area contributed by atoms with Gasteiger partial charge in [0.05, 0.1) is 18.1 Å². The Balaban J connectivity index is 1.64. The number of carbonyl (C=O) groups is 1. The zero-order valence-corrected chi connectivity index (χ0v) is 16.2. The van der Waals surface area contributed by atoms with E-state index in [1.54, 1.807) is 18.4 Å². The predicted molar refractivity (Wildman–Crippen MR) is 103 cm³/mol. The number of nitrogens with zero attached hydrogens (tertiary/aromatic N) is 3. The molecule has 1 aliphatic rings. The minimum absolute atomic E-state index is 0.101. The van der Waals surface area contributed by atoms with Crippen molar-refractivity contribution >= 4 is 17.2 Å². The van der Waals surface area contributed by atoms with E-state index in [2.05, 4.69) is 11.0 Å². The third kappa shape index (κ3) is 3.74. The van der Waals surface area contributed by atoms with E-state index in [1.807, 2.05) is 49.1 Å². The van der Waals surface area contributed by atoms with Crippen molar-refractivity contribution in [1.29, 1.82) is 5.26 Å². The first-order chi connectivity index (χ1) is 12.5. The van der Waals surface area contributed by atoms with Gasteiger partial charge in [0, 0.05) is 31.1 Å². The van der Waals surface area contributed by atoms with Crippen molar-refractivity contribution in [3.63, 3.8) is 0 Å². The summed E-state index contributed by atoms with van der Waals surface area (Å²) in [5.41, 5.74) is 2.12. The molecule has 1 aliphatic heterocycles. The quantitative estimate of drug-likeness (QED) is 0.829. The largest absolute Gasteiger partial charge is 0.497 e. The molecule has 3 rings (SSSR count). The fourth-order valence-corrected chi connectivity index (χ4v) is 4.17. The van der Waals surface area contributed by atoms with Crippen LogP contribution in [0, 0.1) is 25.2 Å². The number of benzene rings is 1. The second-order valence-corrected chi connectivity index (χ2v) is 7.74. The van der Waals surface area contributed by atoms with Crippen LogP contribution in [0.3, 0.4) is 0 Å². The summed E-state index contributed by atoms with van der Waals surface area (Å²) < 4.78 is 5.18.